The third kappa shape index (κ3) is 3.66. The first-order chi connectivity index (χ1) is 6.72. The van der Waals surface area contributed by atoms with Gasteiger partial charge in [-0.25, -0.2) is 0 Å². The summed E-state index contributed by atoms with van der Waals surface area (Å²) in [5, 5.41) is -0.515. The van der Waals surface area contributed by atoms with Crippen molar-refractivity contribution >= 4 is 16.8 Å². The van der Waals surface area contributed by atoms with Gasteiger partial charge in [0, 0.05) is 0 Å². The highest BCUT2D eigenvalue weighted by atomic mass is 35.5. The van der Waals surface area contributed by atoms with Crippen molar-refractivity contribution in [2.45, 2.75) is 6.92 Å². The summed E-state index contributed by atoms with van der Waals surface area (Å²) in [6.45, 7) is 2.42. The van der Waals surface area contributed by atoms with Crippen molar-refractivity contribution in [3.8, 4) is 11.5 Å². The molecule has 1 aromatic carbocycles. The number of hydrogen-bond acceptors (Lipinski definition) is 3. The van der Waals surface area contributed by atoms with Crippen molar-refractivity contribution in [3.63, 3.8) is 0 Å². The smallest absolute Gasteiger partial charge is 0.259 e. The van der Waals surface area contributed by atoms with Crippen LogP contribution < -0.4 is 9.47 Å². The average molecular weight is 215 g/mol. The SMILES string of the molecule is CCOc1ccc(OCC(=O)Cl)cc1. The molecule has 0 radical (unpaired) electrons. The summed E-state index contributed by atoms with van der Waals surface area (Å²) < 4.78 is 10.3. The Morgan fingerprint density at radius 3 is 2.14 bits per heavy atom. The molecule has 76 valence electrons. The van der Waals surface area contributed by atoms with Gasteiger partial charge in [0.1, 0.15) is 11.5 Å². The van der Waals surface area contributed by atoms with E-state index in [-0.39, 0.29) is 6.61 Å². The number of rotatable bonds is 5. The largest absolute Gasteiger partial charge is 0.494 e. The quantitative estimate of drug-likeness (QED) is 0.706. The summed E-state index contributed by atoms with van der Waals surface area (Å²) in [7, 11) is 0. The van der Waals surface area contributed by atoms with E-state index in [4.69, 9.17) is 21.1 Å². The number of halogens is 1. The fourth-order valence-electron chi connectivity index (χ4n) is 0.939. The average Bonchev–Trinajstić information content (AvgIpc) is 2.17. The van der Waals surface area contributed by atoms with Gasteiger partial charge in [0.2, 0.25) is 0 Å². The van der Waals surface area contributed by atoms with Crippen LogP contribution in [-0.4, -0.2) is 18.5 Å². The van der Waals surface area contributed by atoms with E-state index in [1.165, 1.54) is 0 Å². The van der Waals surface area contributed by atoms with E-state index in [9.17, 15) is 4.79 Å². The van der Waals surface area contributed by atoms with Crippen LogP contribution >= 0.6 is 11.6 Å². The van der Waals surface area contributed by atoms with Crippen molar-refractivity contribution in [1.82, 2.24) is 0 Å². The maximum atomic E-state index is 10.4. The van der Waals surface area contributed by atoms with Crippen molar-refractivity contribution < 1.29 is 14.3 Å². The summed E-state index contributed by atoms with van der Waals surface area (Å²) in [5.74, 6) is 1.37. The van der Waals surface area contributed by atoms with Gasteiger partial charge < -0.3 is 9.47 Å². The molecular formula is C10H11ClO3. The van der Waals surface area contributed by atoms with Crippen molar-refractivity contribution in [2.75, 3.05) is 13.2 Å². The number of benzene rings is 1. The van der Waals surface area contributed by atoms with E-state index in [1.807, 2.05) is 6.92 Å². The fraction of sp³-hybridized carbons (Fsp3) is 0.300. The predicted molar refractivity (Wildman–Crippen MR) is 54.0 cm³/mol. The van der Waals surface area contributed by atoms with Gasteiger partial charge in [-0.2, -0.15) is 0 Å². The normalized spacial score (nSPS) is 9.57. The van der Waals surface area contributed by atoms with Crippen LogP contribution in [0, 0.1) is 0 Å². The standard InChI is InChI=1S/C10H11ClO3/c1-2-13-8-3-5-9(6-4-8)14-7-10(11)12/h3-6H,2,7H2,1H3. The molecule has 0 saturated carbocycles. The maximum absolute atomic E-state index is 10.4. The molecule has 0 amide bonds. The molecule has 4 heteroatoms. The molecule has 0 unspecified atom stereocenters. The Hall–Kier alpha value is -1.22. The minimum absolute atomic E-state index is 0.116. The fourth-order valence-corrected chi connectivity index (χ4v) is 0.993. The third-order valence-corrected chi connectivity index (χ3v) is 1.60. The molecule has 0 aliphatic heterocycles. The molecule has 0 N–H and O–H groups in total. The van der Waals surface area contributed by atoms with Crippen LogP contribution in [0.4, 0.5) is 0 Å². The lowest BCUT2D eigenvalue weighted by Crippen LogP contribution is -2.04. The Morgan fingerprint density at radius 2 is 1.71 bits per heavy atom. The van der Waals surface area contributed by atoms with Gasteiger partial charge in [-0.15, -0.1) is 0 Å². The van der Waals surface area contributed by atoms with E-state index in [2.05, 4.69) is 0 Å². The second-order valence-electron chi connectivity index (χ2n) is 2.55. The highest BCUT2D eigenvalue weighted by Gasteiger charge is 1.98. The highest BCUT2D eigenvalue weighted by Crippen LogP contribution is 2.17. The van der Waals surface area contributed by atoms with Crippen LogP contribution in [0.5, 0.6) is 11.5 Å². The molecule has 14 heavy (non-hydrogen) atoms. The minimum atomic E-state index is -0.515. The van der Waals surface area contributed by atoms with Crippen molar-refractivity contribution in [2.24, 2.45) is 0 Å². The monoisotopic (exact) mass is 214 g/mol. The molecule has 0 heterocycles. The molecule has 0 aliphatic carbocycles. The van der Waals surface area contributed by atoms with Gasteiger partial charge in [0.25, 0.3) is 5.24 Å². The lowest BCUT2D eigenvalue weighted by Gasteiger charge is -2.05. The van der Waals surface area contributed by atoms with Crippen LogP contribution in [0.1, 0.15) is 6.92 Å². The number of hydrogen-bond donors (Lipinski definition) is 0. The van der Waals surface area contributed by atoms with E-state index in [1.54, 1.807) is 24.3 Å². The van der Waals surface area contributed by atoms with E-state index >= 15 is 0 Å². The van der Waals surface area contributed by atoms with Gasteiger partial charge >= 0.3 is 0 Å². The summed E-state index contributed by atoms with van der Waals surface area (Å²) in [4.78, 5) is 10.4. The Balaban J connectivity index is 2.50. The number of ether oxygens (including phenoxy) is 2. The molecule has 3 nitrogen and oxygen atoms in total. The van der Waals surface area contributed by atoms with Gasteiger partial charge in [0.05, 0.1) is 6.61 Å². The molecule has 0 saturated heterocycles. The lowest BCUT2D eigenvalue weighted by molar-refractivity contribution is -0.113. The second-order valence-corrected chi connectivity index (χ2v) is 2.97. The minimum Gasteiger partial charge on any atom is -0.494 e. The van der Waals surface area contributed by atoms with Gasteiger partial charge in [0.15, 0.2) is 6.61 Å². The molecule has 0 aliphatic rings. The summed E-state index contributed by atoms with van der Waals surface area (Å²) in [5.41, 5.74) is 0. The first-order valence-electron chi connectivity index (χ1n) is 4.26. The predicted octanol–water partition coefficient (Wildman–Crippen LogP) is 2.23. The zero-order chi connectivity index (χ0) is 10.4. The number of carbonyl (C=O) groups excluding carboxylic acids is 1. The topological polar surface area (TPSA) is 35.5 Å². The van der Waals surface area contributed by atoms with Crippen molar-refractivity contribution in [1.29, 1.82) is 0 Å². The van der Waals surface area contributed by atoms with Gasteiger partial charge in [-0.05, 0) is 42.8 Å². The number of carbonyl (C=O) groups is 1. The molecule has 0 aromatic heterocycles. The third-order valence-electron chi connectivity index (χ3n) is 1.49. The first kappa shape index (κ1) is 10.9. The molecule has 1 aromatic rings. The Kier molecular flexibility index (Phi) is 4.26. The summed E-state index contributed by atoms with van der Waals surface area (Å²) >= 11 is 5.12. The molecule has 1 rings (SSSR count). The van der Waals surface area contributed by atoms with Crippen LogP contribution in [0.3, 0.4) is 0 Å². The van der Waals surface area contributed by atoms with Crippen LogP contribution in [0.2, 0.25) is 0 Å². The van der Waals surface area contributed by atoms with Gasteiger partial charge in [-0.1, -0.05) is 0 Å². The van der Waals surface area contributed by atoms with E-state index in [0.717, 1.165) is 5.75 Å². The molecule has 0 fully saturated rings. The van der Waals surface area contributed by atoms with Crippen molar-refractivity contribution in [3.05, 3.63) is 24.3 Å². The second kappa shape index (κ2) is 5.50. The molecular weight excluding hydrogens is 204 g/mol. The summed E-state index contributed by atoms with van der Waals surface area (Å²) in [6.07, 6.45) is 0. The van der Waals surface area contributed by atoms with Crippen LogP contribution in [0.15, 0.2) is 24.3 Å². The van der Waals surface area contributed by atoms with E-state index in [0.29, 0.717) is 12.4 Å². The maximum Gasteiger partial charge on any atom is 0.259 e. The van der Waals surface area contributed by atoms with E-state index < -0.39 is 5.24 Å². The highest BCUT2D eigenvalue weighted by molar-refractivity contribution is 6.63. The zero-order valence-electron chi connectivity index (χ0n) is 7.83. The van der Waals surface area contributed by atoms with Gasteiger partial charge in [-0.3, -0.25) is 4.79 Å². The van der Waals surface area contributed by atoms with Crippen LogP contribution in [0.25, 0.3) is 0 Å². The Morgan fingerprint density at radius 1 is 1.21 bits per heavy atom. The zero-order valence-corrected chi connectivity index (χ0v) is 8.58. The summed E-state index contributed by atoms with van der Waals surface area (Å²) in [6, 6.07) is 7.00. The molecule has 0 atom stereocenters. The molecule has 0 bridgehead atoms. The Labute approximate surface area is 87.6 Å². The first-order valence-corrected chi connectivity index (χ1v) is 4.64. The molecule has 0 spiro atoms. The van der Waals surface area contributed by atoms with Crippen LogP contribution in [-0.2, 0) is 4.79 Å². The lowest BCUT2D eigenvalue weighted by atomic mass is 10.3. The Bertz CT molecular complexity index is 295.